The van der Waals surface area contributed by atoms with Crippen LogP contribution in [-0.2, 0) is 17.3 Å². The Kier molecular flexibility index (Phi) is 2.36. The van der Waals surface area contributed by atoms with E-state index in [0.717, 1.165) is 12.0 Å². The number of Topliss-reactive ketones (excluding diaryl/α,β-unsaturated/α-hetero) is 1. The van der Waals surface area contributed by atoms with Crippen molar-refractivity contribution >= 4 is 16.7 Å². The van der Waals surface area contributed by atoms with Gasteiger partial charge in [0.05, 0.1) is 0 Å². The van der Waals surface area contributed by atoms with E-state index < -0.39 is 0 Å². The lowest BCUT2D eigenvalue weighted by Crippen LogP contribution is -2.42. The smallest absolute Gasteiger partial charge is 0.218 e. The second kappa shape index (κ2) is 3.63. The molecule has 0 radical (unpaired) electrons. The molecule has 1 aliphatic carbocycles. The van der Waals surface area contributed by atoms with Gasteiger partial charge in [0, 0.05) is 22.9 Å². The lowest BCUT2D eigenvalue weighted by Gasteiger charge is -2.20. The first-order valence-electron chi connectivity index (χ1n) is 6.02. The first kappa shape index (κ1) is 10.4. The molecule has 1 heterocycles. The van der Waals surface area contributed by atoms with Gasteiger partial charge in [-0.05, 0) is 25.3 Å². The maximum atomic E-state index is 12.5. The lowest BCUT2D eigenvalue weighted by atomic mass is 10.1. The Morgan fingerprint density at radius 2 is 1.88 bits per heavy atom. The Labute approximate surface area is 99.6 Å². The third-order valence-corrected chi connectivity index (χ3v) is 7.11. The molecule has 0 spiro atoms. The minimum absolute atomic E-state index is 0.0693. The predicted octanol–water partition coefficient (Wildman–Crippen LogP) is 2.60. The molecule has 0 saturated carbocycles. The van der Waals surface area contributed by atoms with Crippen LogP contribution < -0.4 is 0 Å². The van der Waals surface area contributed by atoms with Crippen LogP contribution in [0.3, 0.4) is 0 Å². The minimum Gasteiger partial charge on any atom is -0.288 e. The fraction of sp³-hybridized carbons (Fsp3) is 0.500. The van der Waals surface area contributed by atoms with Gasteiger partial charge in [-0.1, -0.05) is 24.3 Å². The van der Waals surface area contributed by atoms with Crippen molar-refractivity contribution in [3.63, 3.8) is 0 Å². The number of rotatable bonds is 1. The van der Waals surface area contributed by atoms with Gasteiger partial charge in [-0.2, -0.15) is 0 Å². The molecule has 1 unspecified atom stereocenters. The third kappa shape index (κ3) is 1.36. The molecule has 1 nitrogen and oxygen atoms in total. The van der Waals surface area contributed by atoms with Gasteiger partial charge in [-0.15, -0.1) is 0 Å². The second-order valence-electron chi connectivity index (χ2n) is 5.00. The Balaban J connectivity index is 1.99. The first-order chi connectivity index (χ1) is 7.72. The summed E-state index contributed by atoms with van der Waals surface area (Å²) in [5.74, 6) is 2.96. The van der Waals surface area contributed by atoms with Crippen LogP contribution in [0.25, 0.3) is 0 Å². The molecule has 1 aromatic rings. The van der Waals surface area contributed by atoms with Crippen LogP contribution in [0.2, 0.25) is 0 Å². The Hall–Kier alpha value is -0.760. The topological polar surface area (TPSA) is 17.1 Å². The van der Waals surface area contributed by atoms with Crippen molar-refractivity contribution in [2.75, 3.05) is 11.5 Å². The van der Waals surface area contributed by atoms with Gasteiger partial charge in [0.1, 0.15) is 11.5 Å². The molecule has 16 heavy (non-hydrogen) atoms. The minimum atomic E-state index is -0.0693. The van der Waals surface area contributed by atoms with Crippen molar-refractivity contribution in [2.45, 2.75) is 30.9 Å². The molecular formula is C14H17OS+. The predicted molar refractivity (Wildman–Crippen MR) is 69.2 cm³/mol. The Bertz CT molecular complexity index is 434. The van der Waals surface area contributed by atoms with E-state index in [1.165, 1.54) is 29.9 Å². The number of hydrogen-bond acceptors (Lipinski definition) is 1. The van der Waals surface area contributed by atoms with Gasteiger partial charge >= 0.3 is 0 Å². The highest BCUT2D eigenvalue weighted by molar-refractivity contribution is 7.99. The number of fused-ring (bicyclic) bond motifs is 1. The summed E-state index contributed by atoms with van der Waals surface area (Å²) in [5.41, 5.74) is 2.26. The van der Waals surface area contributed by atoms with Crippen LogP contribution in [-0.4, -0.2) is 22.0 Å². The quantitative estimate of drug-likeness (QED) is 0.681. The second-order valence-corrected chi connectivity index (χ2v) is 7.71. The van der Waals surface area contributed by atoms with E-state index in [2.05, 4.69) is 19.1 Å². The Morgan fingerprint density at radius 3 is 2.56 bits per heavy atom. The normalized spacial score (nSPS) is 29.7. The van der Waals surface area contributed by atoms with Crippen LogP contribution in [0.15, 0.2) is 24.3 Å². The van der Waals surface area contributed by atoms with E-state index in [9.17, 15) is 4.79 Å². The maximum Gasteiger partial charge on any atom is 0.218 e. The highest BCUT2D eigenvalue weighted by Gasteiger charge is 2.55. The standard InChI is InChI=1S/C14H17OS/c1-14(16-8-4-5-9-16)10-11-6-2-3-7-12(11)13(14)15/h2-3,6-7H,4-5,8-10H2,1H3/q+1. The van der Waals surface area contributed by atoms with E-state index in [1.807, 2.05) is 12.1 Å². The van der Waals surface area contributed by atoms with Crippen molar-refractivity contribution in [3.8, 4) is 0 Å². The zero-order valence-electron chi connectivity index (χ0n) is 9.66. The highest BCUT2D eigenvalue weighted by Crippen LogP contribution is 2.39. The van der Waals surface area contributed by atoms with Gasteiger partial charge in [-0.25, -0.2) is 0 Å². The molecular weight excluding hydrogens is 216 g/mol. The number of carbonyl (C=O) groups is 1. The van der Waals surface area contributed by atoms with Crippen LogP contribution in [0.5, 0.6) is 0 Å². The lowest BCUT2D eigenvalue weighted by molar-refractivity contribution is 0.0963. The average molecular weight is 233 g/mol. The van der Waals surface area contributed by atoms with Crippen molar-refractivity contribution < 1.29 is 4.79 Å². The molecule has 1 aromatic carbocycles. The van der Waals surface area contributed by atoms with Gasteiger partial charge in [0.2, 0.25) is 5.78 Å². The summed E-state index contributed by atoms with van der Waals surface area (Å²) in [5, 5.41) is 0. The van der Waals surface area contributed by atoms with E-state index in [-0.39, 0.29) is 4.75 Å². The van der Waals surface area contributed by atoms with Gasteiger partial charge in [0.25, 0.3) is 0 Å². The van der Waals surface area contributed by atoms with Gasteiger partial charge < -0.3 is 0 Å². The molecule has 1 atom stereocenters. The van der Waals surface area contributed by atoms with E-state index >= 15 is 0 Å². The van der Waals surface area contributed by atoms with Gasteiger partial charge in [-0.3, -0.25) is 4.79 Å². The molecule has 1 fully saturated rings. The van der Waals surface area contributed by atoms with E-state index in [0.29, 0.717) is 16.7 Å². The largest absolute Gasteiger partial charge is 0.288 e. The zero-order chi connectivity index (χ0) is 11.2. The fourth-order valence-corrected chi connectivity index (χ4v) is 5.90. The van der Waals surface area contributed by atoms with Crippen molar-refractivity contribution in [3.05, 3.63) is 35.4 Å². The molecule has 2 heteroatoms. The molecule has 1 saturated heterocycles. The van der Waals surface area contributed by atoms with E-state index in [4.69, 9.17) is 0 Å². The van der Waals surface area contributed by atoms with Crippen LogP contribution >= 0.6 is 0 Å². The monoisotopic (exact) mass is 233 g/mol. The van der Waals surface area contributed by atoms with Crippen LogP contribution in [0, 0.1) is 0 Å². The summed E-state index contributed by atoms with van der Waals surface area (Å²) in [6.45, 7) is 2.20. The molecule has 0 aromatic heterocycles. The van der Waals surface area contributed by atoms with Gasteiger partial charge in [0.15, 0.2) is 4.75 Å². The fourth-order valence-electron chi connectivity index (χ4n) is 2.96. The highest BCUT2D eigenvalue weighted by atomic mass is 32.2. The molecule has 0 bridgehead atoms. The summed E-state index contributed by atoms with van der Waals surface area (Å²) in [4.78, 5) is 12.5. The van der Waals surface area contributed by atoms with E-state index in [1.54, 1.807) is 0 Å². The zero-order valence-corrected chi connectivity index (χ0v) is 10.5. The summed E-state index contributed by atoms with van der Waals surface area (Å²) in [6.07, 6.45) is 3.62. The summed E-state index contributed by atoms with van der Waals surface area (Å²) in [6, 6.07) is 8.16. The summed E-state index contributed by atoms with van der Waals surface area (Å²) < 4.78 is -0.0693. The Morgan fingerprint density at radius 1 is 1.19 bits per heavy atom. The third-order valence-electron chi connectivity index (χ3n) is 3.94. The first-order valence-corrected chi connectivity index (χ1v) is 7.58. The molecule has 2 aliphatic rings. The number of hydrogen-bond donors (Lipinski definition) is 0. The number of benzene rings is 1. The van der Waals surface area contributed by atoms with Crippen molar-refractivity contribution in [1.82, 2.24) is 0 Å². The van der Waals surface area contributed by atoms with Crippen molar-refractivity contribution in [1.29, 1.82) is 0 Å². The molecule has 84 valence electrons. The number of ketones is 1. The summed E-state index contributed by atoms with van der Waals surface area (Å²) in [7, 11) is 0.326. The molecule has 0 amide bonds. The number of carbonyl (C=O) groups excluding carboxylic acids is 1. The SMILES string of the molecule is CC1([S+]2CCCC2)Cc2ccccc2C1=O. The van der Waals surface area contributed by atoms with Crippen molar-refractivity contribution in [2.24, 2.45) is 0 Å². The molecule has 0 N–H and O–H groups in total. The molecule has 1 aliphatic heterocycles. The maximum absolute atomic E-state index is 12.5. The van der Waals surface area contributed by atoms with Crippen LogP contribution in [0.1, 0.15) is 35.7 Å². The molecule has 3 rings (SSSR count). The summed E-state index contributed by atoms with van der Waals surface area (Å²) >= 11 is 0. The van der Waals surface area contributed by atoms with Crippen LogP contribution in [0.4, 0.5) is 0 Å². The average Bonchev–Trinajstić information content (AvgIpc) is 2.89.